The van der Waals surface area contributed by atoms with E-state index in [1.807, 2.05) is 11.9 Å². The maximum atomic E-state index is 12.2. The average Bonchev–Trinajstić information content (AvgIpc) is 3.04. The third kappa shape index (κ3) is 2.56. The minimum absolute atomic E-state index is 0.367. The van der Waals surface area contributed by atoms with Crippen molar-refractivity contribution in [3.63, 3.8) is 0 Å². The molecule has 2 bridgehead atoms. The predicted octanol–water partition coefficient (Wildman–Crippen LogP) is 1.88. The fourth-order valence-electron chi connectivity index (χ4n) is 4.35. The first kappa shape index (κ1) is 12.5. The molecule has 1 N–H and O–H groups in total. The van der Waals surface area contributed by atoms with Crippen molar-refractivity contribution < 1.29 is 4.79 Å². The van der Waals surface area contributed by atoms with E-state index in [1.165, 1.54) is 32.1 Å². The molecule has 2 saturated carbocycles. The third-order valence-electron chi connectivity index (χ3n) is 5.44. The van der Waals surface area contributed by atoms with Crippen LogP contribution in [0.5, 0.6) is 0 Å². The predicted molar refractivity (Wildman–Crippen MR) is 72.2 cm³/mol. The highest BCUT2D eigenvalue weighted by molar-refractivity contribution is 5.76. The summed E-state index contributed by atoms with van der Waals surface area (Å²) in [5, 5.41) is 3.34. The van der Waals surface area contributed by atoms with Gasteiger partial charge in [0.1, 0.15) is 0 Å². The highest BCUT2D eigenvalue weighted by Crippen LogP contribution is 2.48. The average molecular weight is 250 g/mol. The van der Waals surface area contributed by atoms with Crippen LogP contribution < -0.4 is 5.32 Å². The molecule has 3 nitrogen and oxygen atoms in total. The molecule has 3 aliphatic rings. The van der Waals surface area contributed by atoms with Crippen LogP contribution in [0.1, 0.15) is 38.5 Å². The zero-order chi connectivity index (χ0) is 12.5. The monoisotopic (exact) mass is 250 g/mol. The van der Waals surface area contributed by atoms with Crippen molar-refractivity contribution in [2.75, 3.05) is 26.7 Å². The SMILES string of the molecule is CN(CC1CC2CCC1C2)C(=O)CC1CCNC1. The van der Waals surface area contributed by atoms with Gasteiger partial charge in [0.2, 0.25) is 5.91 Å². The van der Waals surface area contributed by atoms with Crippen molar-refractivity contribution in [2.24, 2.45) is 23.7 Å². The van der Waals surface area contributed by atoms with E-state index in [2.05, 4.69) is 5.32 Å². The molecule has 1 saturated heterocycles. The summed E-state index contributed by atoms with van der Waals surface area (Å²) in [6, 6.07) is 0. The van der Waals surface area contributed by atoms with Crippen molar-refractivity contribution in [3.05, 3.63) is 0 Å². The van der Waals surface area contributed by atoms with Crippen molar-refractivity contribution >= 4 is 5.91 Å². The van der Waals surface area contributed by atoms with Gasteiger partial charge in [-0.15, -0.1) is 0 Å². The number of rotatable bonds is 4. The Bertz CT molecular complexity index is 312. The van der Waals surface area contributed by atoms with Crippen LogP contribution in [0, 0.1) is 23.7 Å². The fourth-order valence-corrected chi connectivity index (χ4v) is 4.35. The summed E-state index contributed by atoms with van der Waals surface area (Å²) in [7, 11) is 2.01. The van der Waals surface area contributed by atoms with Gasteiger partial charge < -0.3 is 10.2 Å². The van der Waals surface area contributed by atoms with Gasteiger partial charge in [-0.05, 0) is 62.4 Å². The van der Waals surface area contributed by atoms with Gasteiger partial charge in [0.25, 0.3) is 0 Å². The molecule has 3 heteroatoms. The van der Waals surface area contributed by atoms with E-state index < -0.39 is 0 Å². The molecule has 1 heterocycles. The number of carbonyl (C=O) groups is 1. The number of hydrogen-bond acceptors (Lipinski definition) is 2. The molecule has 0 aromatic rings. The van der Waals surface area contributed by atoms with Crippen LogP contribution in [0.3, 0.4) is 0 Å². The van der Waals surface area contributed by atoms with Crippen LogP contribution in [0.25, 0.3) is 0 Å². The van der Waals surface area contributed by atoms with Crippen molar-refractivity contribution in [1.82, 2.24) is 10.2 Å². The third-order valence-corrected chi connectivity index (χ3v) is 5.44. The molecule has 4 unspecified atom stereocenters. The second-order valence-electron chi connectivity index (χ2n) is 6.77. The summed E-state index contributed by atoms with van der Waals surface area (Å²) in [4.78, 5) is 14.2. The van der Waals surface area contributed by atoms with Gasteiger partial charge in [-0.1, -0.05) is 6.42 Å². The molecular weight excluding hydrogens is 224 g/mol. The molecule has 2 aliphatic carbocycles. The Morgan fingerprint density at radius 2 is 2.17 bits per heavy atom. The van der Waals surface area contributed by atoms with Crippen LogP contribution >= 0.6 is 0 Å². The van der Waals surface area contributed by atoms with E-state index in [4.69, 9.17) is 0 Å². The van der Waals surface area contributed by atoms with E-state index >= 15 is 0 Å². The lowest BCUT2D eigenvalue weighted by Crippen LogP contribution is -2.34. The lowest BCUT2D eigenvalue weighted by atomic mass is 9.88. The number of carbonyl (C=O) groups excluding carboxylic acids is 1. The lowest BCUT2D eigenvalue weighted by molar-refractivity contribution is -0.131. The smallest absolute Gasteiger partial charge is 0.222 e. The Morgan fingerprint density at radius 3 is 2.78 bits per heavy atom. The zero-order valence-electron chi connectivity index (χ0n) is 11.5. The van der Waals surface area contributed by atoms with Gasteiger partial charge in [-0.2, -0.15) is 0 Å². The lowest BCUT2D eigenvalue weighted by Gasteiger charge is -2.27. The van der Waals surface area contributed by atoms with Crippen LogP contribution in [-0.4, -0.2) is 37.5 Å². The van der Waals surface area contributed by atoms with Gasteiger partial charge >= 0.3 is 0 Å². The Morgan fingerprint density at radius 1 is 1.28 bits per heavy atom. The summed E-state index contributed by atoms with van der Waals surface area (Å²) < 4.78 is 0. The Kier molecular flexibility index (Phi) is 3.60. The number of hydrogen-bond donors (Lipinski definition) is 1. The topological polar surface area (TPSA) is 32.3 Å². The highest BCUT2D eigenvalue weighted by atomic mass is 16.2. The molecule has 3 fully saturated rings. The fraction of sp³-hybridized carbons (Fsp3) is 0.933. The molecule has 102 valence electrons. The first-order valence-corrected chi connectivity index (χ1v) is 7.67. The highest BCUT2D eigenvalue weighted by Gasteiger charge is 2.40. The van der Waals surface area contributed by atoms with Crippen LogP contribution in [0.2, 0.25) is 0 Å². The molecular formula is C15H26N2O. The maximum absolute atomic E-state index is 12.2. The summed E-state index contributed by atoms with van der Waals surface area (Å²) in [5.41, 5.74) is 0. The van der Waals surface area contributed by atoms with Crippen LogP contribution in [0.4, 0.5) is 0 Å². The second-order valence-corrected chi connectivity index (χ2v) is 6.77. The van der Waals surface area contributed by atoms with Crippen LogP contribution in [0.15, 0.2) is 0 Å². The molecule has 0 aromatic carbocycles. The van der Waals surface area contributed by atoms with Crippen molar-refractivity contribution in [1.29, 1.82) is 0 Å². The standard InChI is InChI=1S/C15H26N2O/c1-17(15(18)8-12-4-5-16-9-12)10-14-7-11-2-3-13(14)6-11/h11-14,16H,2-10H2,1H3. The number of fused-ring (bicyclic) bond motifs is 2. The summed E-state index contributed by atoms with van der Waals surface area (Å²) in [5.74, 6) is 3.67. The Balaban J connectivity index is 1.45. The minimum Gasteiger partial charge on any atom is -0.345 e. The quantitative estimate of drug-likeness (QED) is 0.826. The molecule has 0 radical (unpaired) electrons. The number of nitrogens with zero attached hydrogens (tertiary/aromatic N) is 1. The van der Waals surface area contributed by atoms with E-state index in [9.17, 15) is 4.79 Å². The Labute approximate surface area is 110 Å². The minimum atomic E-state index is 0.367. The van der Waals surface area contributed by atoms with Crippen molar-refractivity contribution in [2.45, 2.75) is 38.5 Å². The van der Waals surface area contributed by atoms with Gasteiger partial charge in [-0.3, -0.25) is 4.79 Å². The summed E-state index contributed by atoms with van der Waals surface area (Å²) >= 11 is 0. The van der Waals surface area contributed by atoms with Gasteiger partial charge in [-0.25, -0.2) is 0 Å². The van der Waals surface area contributed by atoms with Crippen molar-refractivity contribution in [3.8, 4) is 0 Å². The second kappa shape index (κ2) is 5.20. The number of nitrogens with one attached hydrogen (secondary N) is 1. The molecule has 3 rings (SSSR count). The Hall–Kier alpha value is -0.570. The normalized spacial score (nSPS) is 38.3. The van der Waals surface area contributed by atoms with Gasteiger partial charge in [0.15, 0.2) is 0 Å². The molecule has 0 aromatic heterocycles. The first-order chi connectivity index (χ1) is 8.72. The molecule has 4 atom stereocenters. The molecule has 1 amide bonds. The van der Waals surface area contributed by atoms with E-state index in [-0.39, 0.29) is 0 Å². The summed E-state index contributed by atoms with van der Waals surface area (Å²) in [6.45, 7) is 3.14. The largest absolute Gasteiger partial charge is 0.345 e. The first-order valence-electron chi connectivity index (χ1n) is 7.67. The van der Waals surface area contributed by atoms with E-state index in [0.717, 1.165) is 43.8 Å². The van der Waals surface area contributed by atoms with Gasteiger partial charge in [0, 0.05) is 20.0 Å². The molecule has 0 spiro atoms. The van der Waals surface area contributed by atoms with Crippen LogP contribution in [-0.2, 0) is 4.79 Å². The van der Waals surface area contributed by atoms with E-state index in [0.29, 0.717) is 11.8 Å². The van der Waals surface area contributed by atoms with E-state index in [1.54, 1.807) is 0 Å². The zero-order valence-corrected chi connectivity index (χ0v) is 11.5. The van der Waals surface area contributed by atoms with Gasteiger partial charge in [0.05, 0.1) is 0 Å². The maximum Gasteiger partial charge on any atom is 0.222 e. The molecule has 18 heavy (non-hydrogen) atoms. The molecule has 1 aliphatic heterocycles. The summed E-state index contributed by atoms with van der Waals surface area (Å²) in [6.07, 6.45) is 7.63. The number of amides is 1.